The van der Waals surface area contributed by atoms with Crippen molar-refractivity contribution in [1.29, 1.82) is 0 Å². The van der Waals surface area contributed by atoms with Gasteiger partial charge in [0.15, 0.2) is 0 Å². The Morgan fingerprint density at radius 1 is 1.57 bits per heavy atom. The van der Waals surface area contributed by atoms with Crippen LogP contribution >= 0.6 is 11.8 Å². The SMILES string of the molecule is CCOC(=O)C1(NC2CC2)CCCC(Sc2ncco2)C1. The quantitative estimate of drug-likeness (QED) is 0.815. The molecular weight excluding hydrogens is 288 g/mol. The van der Waals surface area contributed by atoms with E-state index in [9.17, 15) is 4.79 Å². The van der Waals surface area contributed by atoms with E-state index >= 15 is 0 Å². The van der Waals surface area contributed by atoms with Gasteiger partial charge in [0.25, 0.3) is 5.22 Å². The minimum atomic E-state index is -0.514. The first-order valence-corrected chi connectivity index (χ1v) is 8.61. The number of hydrogen-bond acceptors (Lipinski definition) is 6. The number of nitrogens with one attached hydrogen (secondary N) is 1. The average Bonchev–Trinajstić information content (AvgIpc) is 3.13. The third-order valence-corrected chi connectivity index (χ3v) is 5.25. The number of carbonyl (C=O) groups is 1. The highest BCUT2D eigenvalue weighted by molar-refractivity contribution is 7.99. The van der Waals surface area contributed by atoms with Crippen molar-refractivity contribution >= 4 is 17.7 Å². The van der Waals surface area contributed by atoms with Crippen molar-refractivity contribution in [2.24, 2.45) is 0 Å². The van der Waals surface area contributed by atoms with E-state index < -0.39 is 5.54 Å². The van der Waals surface area contributed by atoms with Crippen LogP contribution in [0.4, 0.5) is 0 Å². The summed E-state index contributed by atoms with van der Waals surface area (Å²) < 4.78 is 10.7. The zero-order chi connectivity index (χ0) is 14.7. The first kappa shape index (κ1) is 14.9. The van der Waals surface area contributed by atoms with Crippen LogP contribution in [0, 0.1) is 0 Å². The van der Waals surface area contributed by atoms with Gasteiger partial charge in [-0.05, 0) is 45.4 Å². The highest BCUT2D eigenvalue weighted by Gasteiger charge is 2.47. The fraction of sp³-hybridized carbons (Fsp3) is 0.733. The van der Waals surface area contributed by atoms with Crippen LogP contribution in [-0.2, 0) is 9.53 Å². The van der Waals surface area contributed by atoms with Crippen molar-refractivity contribution in [1.82, 2.24) is 10.3 Å². The molecule has 1 aromatic heterocycles. The zero-order valence-electron chi connectivity index (χ0n) is 12.3. The summed E-state index contributed by atoms with van der Waals surface area (Å²) in [5, 5.41) is 4.59. The molecule has 1 heterocycles. The van der Waals surface area contributed by atoms with Crippen LogP contribution in [0.3, 0.4) is 0 Å². The summed E-state index contributed by atoms with van der Waals surface area (Å²) >= 11 is 1.63. The van der Waals surface area contributed by atoms with E-state index in [2.05, 4.69) is 10.3 Å². The maximum Gasteiger partial charge on any atom is 0.326 e. The fourth-order valence-corrected chi connectivity index (χ4v) is 4.17. The van der Waals surface area contributed by atoms with Crippen molar-refractivity contribution in [2.75, 3.05) is 6.61 Å². The van der Waals surface area contributed by atoms with Gasteiger partial charge in [0, 0.05) is 11.3 Å². The fourth-order valence-electron chi connectivity index (χ4n) is 3.00. The predicted octanol–water partition coefficient (Wildman–Crippen LogP) is 2.76. The molecule has 6 heteroatoms. The minimum Gasteiger partial charge on any atom is -0.465 e. The number of thioether (sulfide) groups is 1. The van der Waals surface area contributed by atoms with Gasteiger partial charge in [-0.3, -0.25) is 10.1 Å². The summed E-state index contributed by atoms with van der Waals surface area (Å²) in [4.78, 5) is 16.7. The number of rotatable bonds is 6. The van der Waals surface area contributed by atoms with Gasteiger partial charge in [-0.25, -0.2) is 4.98 Å². The van der Waals surface area contributed by atoms with Gasteiger partial charge in [-0.15, -0.1) is 0 Å². The third-order valence-electron chi connectivity index (χ3n) is 4.11. The number of nitrogens with zero attached hydrogens (tertiary/aromatic N) is 1. The molecule has 2 aliphatic carbocycles. The van der Waals surface area contributed by atoms with Crippen molar-refractivity contribution in [3.8, 4) is 0 Å². The maximum atomic E-state index is 12.5. The van der Waals surface area contributed by atoms with Crippen LogP contribution in [-0.4, -0.2) is 34.4 Å². The molecule has 1 N–H and O–H groups in total. The Hall–Kier alpha value is -1.01. The molecule has 2 saturated carbocycles. The van der Waals surface area contributed by atoms with E-state index in [1.54, 1.807) is 24.2 Å². The monoisotopic (exact) mass is 310 g/mol. The van der Waals surface area contributed by atoms with Crippen LogP contribution in [0.5, 0.6) is 0 Å². The third kappa shape index (κ3) is 3.61. The lowest BCUT2D eigenvalue weighted by Crippen LogP contribution is -2.57. The van der Waals surface area contributed by atoms with Gasteiger partial charge in [-0.1, -0.05) is 11.8 Å². The predicted molar refractivity (Wildman–Crippen MR) is 80.1 cm³/mol. The summed E-state index contributed by atoms with van der Waals surface area (Å²) in [6.45, 7) is 2.30. The number of oxazole rings is 1. The Bertz CT molecular complexity index is 475. The topological polar surface area (TPSA) is 64.4 Å². The van der Waals surface area contributed by atoms with E-state index in [1.165, 1.54) is 12.8 Å². The molecule has 0 bridgehead atoms. The normalized spacial score (nSPS) is 29.3. The van der Waals surface area contributed by atoms with Gasteiger partial charge in [0.2, 0.25) is 0 Å². The van der Waals surface area contributed by atoms with E-state index in [1.807, 2.05) is 6.92 Å². The Morgan fingerprint density at radius 3 is 3.10 bits per heavy atom. The van der Waals surface area contributed by atoms with Crippen molar-refractivity contribution in [3.63, 3.8) is 0 Å². The summed E-state index contributed by atoms with van der Waals surface area (Å²) in [5.74, 6) is -0.0883. The van der Waals surface area contributed by atoms with Crippen LogP contribution < -0.4 is 5.32 Å². The second-order valence-corrected chi connectivity index (χ2v) is 7.11. The minimum absolute atomic E-state index is 0.0883. The molecule has 2 aliphatic rings. The zero-order valence-corrected chi connectivity index (χ0v) is 13.2. The summed E-state index contributed by atoms with van der Waals surface area (Å²) in [6, 6.07) is 0.486. The first-order chi connectivity index (χ1) is 10.2. The Balaban J connectivity index is 1.70. The second kappa shape index (κ2) is 6.40. The van der Waals surface area contributed by atoms with Gasteiger partial charge < -0.3 is 9.15 Å². The molecule has 2 fully saturated rings. The molecule has 2 atom stereocenters. The number of esters is 1. The van der Waals surface area contributed by atoms with Crippen LogP contribution in [0.15, 0.2) is 22.1 Å². The van der Waals surface area contributed by atoms with E-state index in [0.29, 0.717) is 23.1 Å². The van der Waals surface area contributed by atoms with Gasteiger partial charge >= 0.3 is 5.97 Å². The standard InChI is InChI=1S/C15H22N2O3S/c1-2-19-13(18)15(17-11-5-6-11)7-3-4-12(10-15)21-14-16-8-9-20-14/h8-9,11-12,17H,2-7,10H2,1H3. The number of carbonyl (C=O) groups excluding carboxylic acids is 1. The van der Waals surface area contributed by atoms with Crippen molar-refractivity contribution in [3.05, 3.63) is 12.5 Å². The highest BCUT2D eigenvalue weighted by Crippen LogP contribution is 2.40. The lowest BCUT2D eigenvalue weighted by Gasteiger charge is -2.39. The largest absolute Gasteiger partial charge is 0.465 e. The highest BCUT2D eigenvalue weighted by atomic mass is 32.2. The lowest BCUT2D eigenvalue weighted by molar-refractivity contribution is -0.152. The molecule has 0 radical (unpaired) electrons. The number of hydrogen-bond donors (Lipinski definition) is 1. The Morgan fingerprint density at radius 2 is 2.43 bits per heavy atom. The van der Waals surface area contributed by atoms with Crippen LogP contribution in [0.2, 0.25) is 0 Å². The molecule has 5 nitrogen and oxygen atoms in total. The summed E-state index contributed by atoms with van der Waals surface area (Å²) in [7, 11) is 0. The maximum absolute atomic E-state index is 12.5. The molecule has 0 spiro atoms. The van der Waals surface area contributed by atoms with E-state index in [0.717, 1.165) is 25.7 Å². The van der Waals surface area contributed by atoms with Gasteiger partial charge in [0.05, 0.1) is 12.8 Å². The summed E-state index contributed by atoms with van der Waals surface area (Å²) in [6.07, 6.45) is 9.34. The summed E-state index contributed by atoms with van der Waals surface area (Å²) in [5.41, 5.74) is -0.514. The van der Waals surface area contributed by atoms with Crippen molar-refractivity contribution < 1.29 is 13.9 Å². The molecule has 1 aromatic rings. The van der Waals surface area contributed by atoms with Crippen molar-refractivity contribution in [2.45, 2.75) is 67.5 Å². The molecule has 0 aromatic carbocycles. The number of ether oxygens (including phenoxy) is 1. The van der Waals surface area contributed by atoms with Gasteiger partial charge in [0.1, 0.15) is 11.8 Å². The molecule has 0 saturated heterocycles. The lowest BCUT2D eigenvalue weighted by atomic mass is 9.81. The van der Waals surface area contributed by atoms with Crippen LogP contribution in [0.1, 0.15) is 45.4 Å². The Labute approximate surface area is 129 Å². The number of aromatic nitrogens is 1. The van der Waals surface area contributed by atoms with Gasteiger partial charge in [-0.2, -0.15) is 0 Å². The second-order valence-electron chi connectivity index (χ2n) is 5.86. The molecule has 2 unspecified atom stereocenters. The Kier molecular flexibility index (Phi) is 4.54. The van der Waals surface area contributed by atoms with E-state index in [4.69, 9.17) is 9.15 Å². The van der Waals surface area contributed by atoms with Crippen LogP contribution in [0.25, 0.3) is 0 Å². The first-order valence-electron chi connectivity index (χ1n) is 7.73. The smallest absolute Gasteiger partial charge is 0.326 e. The molecule has 116 valence electrons. The average molecular weight is 310 g/mol. The molecule has 21 heavy (non-hydrogen) atoms. The molecule has 3 rings (SSSR count). The molecule has 0 amide bonds. The van der Waals surface area contributed by atoms with E-state index in [-0.39, 0.29) is 5.97 Å². The molecule has 0 aliphatic heterocycles. The molecular formula is C15H22N2O3S.